The Bertz CT molecular complexity index is 640. The topological polar surface area (TPSA) is 67.6 Å². The monoisotopic (exact) mass is 327 g/mol. The van der Waals surface area contributed by atoms with Crippen molar-refractivity contribution in [1.29, 1.82) is 5.26 Å². The number of alkyl halides is 3. The summed E-state index contributed by atoms with van der Waals surface area (Å²) in [6, 6.07) is 4.89. The van der Waals surface area contributed by atoms with Crippen molar-refractivity contribution in [1.82, 2.24) is 4.90 Å². The van der Waals surface area contributed by atoms with Crippen molar-refractivity contribution in [2.45, 2.75) is 25.1 Å². The van der Waals surface area contributed by atoms with Gasteiger partial charge in [0.05, 0.1) is 17.2 Å². The quantitative estimate of drug-likeness (QED) is 0.906. The van der Waals surface area contributed by atoms with Crippen LogP contribution < -0.4 is 4.90 Å². The molecular formula is C15H16F3N3O2. The molecule has 0 spiro atoms. The minimum absolute atomic E-state index is 0.200. The van der Waals surface area contributed by atoms with Crippen molar-refractivity contribution in [3.63, 3.8) is 0 Å². The third-order valence-electron chi connectivity index (χ3n) is 4.05. The third-order valence-corrected chi connectivity index (χ3v) is 4.05. The molecule has 124 valence electrons. The fraction of sp³-hybridized carbons (Fsp3) is 0.467. The number of benzene rings is 1. The van der Waals surface area contributed by atoms with Gasteiger partial charge in [-0.15, -0.1) is 0 Å². The molecule has 1 amide bonds. The Morgan fingerprint density at radius 1 is 1.48 bits per heavy atom. The molecule has 1 aliphatic rings. The van der Waals surface area contributed by atoms with Crippen LogP contribution in [0.2, 0.25) is 0 Å². The summed E-state index contributed by atoms with van der Waals surface area (Å²) in [5.41, 5.74) is -1.09. The molecule has 0 saturated carbocycles. The fourth-order valence-electron chi connectivity index (χ4n) is 2.74. The van der Waals surface area contributed by atoms with E-state index < -0.39 is 23.4 Å². The lowest BCUT2D eigenvalue weighted by Gasteiger charge is -2.37. The van der Waals surface area contributed by atoms with Crippen molar-refractivity contribution in [3.8, 4) is 6.07 Å². The van der Waals surface area contributed by atoms with Gasteiger partial charge < -0.3 is 14.9 Å². The smallest absolute Gasteiger partial charge is 0.417 e. The van der Waals surface area contributed by atoms with E-state index in [1.54, 1.807) is 18.0 Å². The van der Waals surface area contributed by atoms with Crippen LogP contribution in [0.1, 0.15) is 24.0 Å². The third kappa shape index (κ3) is 3.67. The Balaban J connectivity index is 2.27. The van der Waals surface area contributed by atoms with E-state index >= 15 is 0 Å². The summed E-state index contributed by atoms with van der Waals surface area (Å²) >= 11 is 0. The van der Waals surface area contributed by atoms with Gasteiger partial charge in [-0.25, -0.2) is 4.79 Å². The second-order valence-corrected chi connectivity index (χ2v) is 5.47. The van der Waals surface area contributed by atoms with E-state index in [2.05, 4.69) is 0 Å². The molecule has 1 atom stereocenters. The lowest BCUT2D eigenvalue weighted by Crippen LogP contribution is -2.48. The zero-order valence-electron chi connectivity index (χ0n) is 12.5. The number of nitrogens with zero attached hydrogens (tertiary/aromatic N) is 3. The van der Waals surface area contributed by atoms with Gasteiger partial charge in [0.1, 0.15) is 0 Å². The number of hydrogen-bond donors (Lipinski definition) is 1. The van der Waals surface area contributed by atoms with Crippen molar-refractivity contribution < 1.29 is 23.1 Å². The molecule has 1 aromatic carbocycles. The number of halogens is 3. The second-order valence-electron chi connectivity index (χ2n) is 5.47. The normalized spacial score (nSPS) is 18.4. The van der Waals surface area contributed by atoms with Gasteiger partial charge >= 0.3 is 12.3 Å². The summed E-state index contributed by atoms with van der Waals surface area (Å²) in [6.07, 6.45) is -4.29. The van der Waals surface area contributed by atoms with E-state index in [4.69, 9.17) is 10.4 Å². The molecule has 0 radical (unpaired) electrons. The average Bonchev–Trinajstić information content (AvgIpc) is 2.52. The molecule has 0 aromatic heterocycles. The maximum atomic E-state index is 13.0. The van der Waals surface area contributed by atoms with Crippen LogP contribution in [0, 0.1) is 11.3 Å². The molecule has 1 N–H and O–H groups in total. The highest BCUT2D eigenvalue weighted by atomic mass is 19.4. The number of nitriles is 1. The van der Waals surface area contributed by atoms with Gasteiger partial charge in [0.15, 0.2) is 0 Å². The van der Waals surface area contributed by atoms with Gasteiger partial charge in [-0.3, -0.25) is 0 Å². The van der Waals surface area contributed by atoms with Crippen LogP contribution in [-0.2, 0) is 6.18 Å². The van der Waals surface area contributed by atoms with Crippen LogP contribution in [0.3, 0.4) is 0 Å². The summed E-state index contributed by atoms with van der Waals surface area (Å²) in [6.45, 7) is 0.675. The minimum Gasteiger partial charge on any atom is -0.465 e. The molecule has 0 aliphatic carbocycles. The number of amides is 1. The van der Waals surface area contributed by atoms with Gasteiger partial charge in [-0.05, 0) is 31.0 Å². The molecule has 0 bridgehead atoms. The predicted octanol–water partition coefficient (Wildman–Crippen LogP) is 3.16. The largest absolute Gasteiger partial charge is 0.465 e. The van der Waals surface area contributed by atoms with Crippen molar-refractivity contribution in [2.24, 2.45) is 0 Å². The van der Waals surface area contributed by atoms with E-state index in [1.807, 2.05) is 0 Å². The van der Waals surface area contributed by atoms with E-state index in [9.17, 15) is 18.0 Å². The number of piperidine rings is 1. The van der Waals surface area contributed by atoms with E-state index in [0.29, 0.717) is 25.1 Å². The molecule has 1 fully saturated rings. The van der Waals surface area contributed by atoms with E-state index in [1.165, 1.54) is 11.0 Å². The van der Waals surface area contributed by atoms with E-state index in [-0.39, 0.29) is 12.6 Å². The minimum atomic E-state index is -4.61. The van der Waals surface area contributed by atoms with Crippen LogP contribution in [0.15, 0.2) is 18.2 Å². The highest BCUT2D eigenvalue weighted by Crippen LogP contribution is 2.35. The summed E-state index contributed by atoms with van der Waals surface area (Å²) in [5.74, 6) is 0. The average molecular weight is 327 g/mol. The predicted molar refractivity (Wildman–Crippen MR) is 77.2 cm³/mol. The number of carbonyl (C=O) groups is 1. The van der Waals surface area contributed by atoms with Crippen LogP contribution in [-0.4, -0.2) is 42.3 Å². The SMILES string of the molecule is CN(c1ccc(C#N)c(C(F)(F)F)c1)C1CCCN(C(=O)O)C1. The molecule has 1 aromatic rings. The first-order chi connectivity index (χ1) is 10.7. The van der Waals surface area contributed by atoms with Crippen molar-refractivity contribution >= 4 is 11.8 Å². The van der Waals surface area contributed by atoms with Crippen molar-refractivity contribution in [2.75, 3.05) is 25.0 Å². The number of hydrogen-bond acceptors (Lipinski definition) is 3. The zero-order valence-corrected chi connectivity index (χ0v) is 12.5. The summed E-state index contributed by atoms with van der Waals surface area (Å²) in [7, 11) is 1.64. The number of likely N-dealkylation sites (tertiary alicyclic amines) is 1. The lowest BCUT2D eigenvalue weighted by molar-refractivity contribution is -0.137. The van der Waals surface area contributed by atoms with Crippen LogP contribution in [0.25, 0.3) is 0 Å². The van der Waals surface area contributed by atoms with E-state index in [0.717, 1.165) is 12.1 Å². The lowest BCUT2D eigenvalue weighted by atomic mass is 10.0. The number of likely N-dealkylation sites (N-methyl/N-ethyl adjacent to an activating group) is 1. The first kappa shape index (κ1) is 16.9. The molecule has 1 saturated heterocycles. The van der Waals surface area contributed by atoms with Gasteiger partial charge in [0.25, 0.3) is 0 Å². The maximum Gasteiger partial charge on any atom is 0.417 e. The van der Waals surface area contributed by atoms with Gasteiger partial charge in [-0.1, -0.05) is 0 Å². The Labute approximate surface area is 131 Å². The Hall–Kier alpha value is -2.43. The molecular weight excluding hydrogens is 311 g/mol. The first-order valence-corrected chi connectivity index (χ1v) is 7.06. The van der Waals surface area contributed by atoms with Crippen LogP contribution in [0.4, 0.5) is 23.7 Å². The Morgan fingerprint density at radius 2 is 2.17 bits per heavy atom. The van der Waals surface area contributed by atoms with Gasteiger partial charge in [-0.2, -0.15) is 18.4 Å². The Morgan fingerprint density at radius 3 is 2.74 bits per heavy atom. The number of carboxylic acid groups (broad SMARTS) is 1. The number of anilines is 1. The van der Waals surface area contributed by atoms with Crippen molar-refractivity contribution in [3.05, 3.63) is 29.3 Å². The van der Waals surface area contributed by atoms with Gasteiger partial charge in [0.2, 0.25) is 0 Å². The van der Waals surface area contributed by atoms with Gasteiger partial charge in [0, 0.05) is 31.9 Å². The van der Waals surface area contributed by atoms with Crippen LogP contribution in [0.5, 0.6) is 0 Å². The summed E-state index contributed by atoms with van der Waals surface area (Å²) in [4.78, 5) is 14.0. The first-order valence-electron chi connectivity index (χ1n) is 7.06. The second kappa shape index (κ2) is 6.36. The van der Waals surface area contributed by atoms with Crippen LogP contribution >= 0.6 is 0 Å². The standard InChI is InChI=1S/C15H16F3N3O2/c1-20(12-3-2-6-21(9-12)14(22)23)11-5-4-10(8-19)13(7-11)15(16,17)18/h4-5,7,12H,2-3,6,9H2,1H3,(H,22,23). The molecule has 1 aliphatic heterocycles. The molecule has 1 unspecified atom stereocenters. The highest BCUT2D eigenvalue weighted by molar-refractivity contribution is 5.65. The molecule has 1 heterocycles. The maximum absolute atomic E-state index is 13.0. The molecule has 23 heavy (non-hydrogen) atoms. The zero-order chi connectivity index (χ0) is 17.2. The molecule has 8 heteroatoms. The summed E-state index contributed by atoms with van der Waals surface area (Å²) < 4.78 is 39.1. The number of rotatable bonds is 2. The Kier molecular flexibility index (Phi) is 4.68. The highest BCUT2D eigenvalue weighted by Gasteiger charge is 2.35. The molecule has 5 nitrogen and oxygen atoms in total. The molecule has 2 rings (SSSR count). The summed E-state index contributed by atoms with van der Waals surface area (Å²) in [5, 5.41) is 17.9. The fourth-order valence-corrected chi connectivity index (χ4v) is 2.74.